The first-order valence-electron chi connectivity index (χ1n) is 6.30. The number of nitrogens with zero attached hydrogens (tertiary/aromatic N) is 2. The highest BCUT2D eigenvalue weighted by Gasteiger charge is 2.24. The molecular formula is C15H20N2O. The summed E-state index contributed by atoms with van der Waals surface area (Å²) in [4.78, 5) is 13.9. The molecule has 0 N–H and O–H groups in total. The molecule has 96 valence electrons. The molecule has 0 spiro atoms. The van der Waals surface area contributed by atoms with Gasteiger partial charge in [-0.25, -0.2) is 0 Å². The lowest BCUT2D eigenvalue weighted by molar-refractivity contribution is -0.134. The molecule has 3 heteroatoms. The third-order valence-electron chi connectivity index (χ3n) is 3.34. The summed E-state index contributed by atoms with van der Waals surface area (Å²) in [6.07, 6.45) is 1.38. The van der Waals surface area contributed by atoms with E-state index in [-0.39, 0.29) is 11.9 Å². The minimum absolute atomic E-state index is 0.0873. The molecule has 0 fully saturated rings. The molecule has 0 aliphatic heterocycles. The molecule has 1 rings (SSSR count). The Balaban J connectivity index is 2.73. The predicted molar refractivity (Wildman–Crippen MR) is 71.8 cm³/mol. The number of benzene rings is 1. The normalized spacial score (nSPS) is 13.4. The SMILES string of the molecule is CCC(C)N(C)C(=O)C(C#N)Cc1ccccc1. The minimum Gasteiger partial charge on any atom is -0.342 e. The average molecular weight is 244 g/mol. The van der Waals surface area contributed by atoms with Crippen molar-refractivity contribution in [1.29, 1.82) is 5.26 Å². The van der Waals surface area contributed by atoms with E-state index in [9.17, 15) is 4.79 Å². The Morgan fingerprint density at radius 2 is 2.00 bits per heavy atom. The van der Waals surface area contributed by atoms with Gasteiger partial charge < -0.3 is 4.90 Å². The highest BCUT2D eigenvalue weighted by molar-refractivity contribution is 5.81. The van der Waals surface area contributed by atoms with Crippen LogP contribution in [0.25, 0.3) is 0 Å². The zero-order valence-corrected chi connectivity index (χ0v) is 11.3. The van der Waals surface area contributed by atoms with Crippen molar-refractivity contribution in [2.24, 2.45) is 5.92 Å². The van der Waals surface area contributed by atoms with Crippen LogP contribution >= 0.6 is 0 Å². The first-order valence-corrected chi connectivity index (χ1v) is 6.30. The van der Waals surface area contributed by atoms with E-state index in [0.717, 1.165) is 12.0 Å². The summed E-state index contributed by atoms with van der Waals surface area (Å²) in [7, 11) is 1.77. The largest absolute Gasteiger partial charge is 0.342 e. The fourth-order valence-corrected chi connectivity index (χ4v) is 1.77. The van der Waals surface area contributed by atoms with E-state index < -0.39 is 5.92 Å². The number of hydrogen-bond acceptors (Lipinski definition) is 2. The van der Waals surface area contributed by atoms with Crippen molar-refractivity contribution in [3.8, 4) is 6.07 Å². The second kappa shape index (κ2) is 6.80. The number of nitriles is 1. The first-order chi connectivity index (χ1) is 8.60. The van der Waals surface area contributed by atoms with Crippen LogP contribution in [-0.4, -0.2) is 23.9 Å². The van der Waals surface area contributed by atoms with E-state index >= 15 is 0 Å². The monoisotopic (exact) mass is 244 g/mol. The lowest BCUT2D eigenvalue weighted by atomic mass is 9.99. The summed E-state index contributed by atoms with van der Waals surface area (Å²) in [5, 5.41) is 9.16. The Kier molecular flexibility index (Phi) is 5.38. The van der Waals surface area contributed by atoms with Crippen LogP contribution in [0.4, 0.5) is 0 Å². The van der Waals surface area contributed by atoms with Gasteiger partial charge in [0.1, 0.15) is 5.92 Å². The molecule has 0 heterocycles. The Morgan fingerprint density at radius 1 is 1.39 bits per heavy atom. The summed E-state index contributed by atoms with van der Waals surface area (Å²) < 4.78 is 0. The number of rotatable bonds is 5. The number of hydrogen-bond donors (Lipinski definition) is 0. The summed E-state index contributed by atoms with van der Waals surface area (Å²) >= 11 is 0. The molecule has 0 radical (unpaired) electrons. The van der Waals surface area contributed by atoms with Gasteiger partial charge in [-0.2, -0.15) is 5.26 Å². The molecule has 3 nitrogen and oxygen atoms in total. The minimum atomic E-state index is -0.591. The molecular weight excluding hydrogens is 224 g/mol. The Labute approximate surface area is 109 Å². The predicted octanol–water partition coefficient (Wildman–Crippen LogP) is 2.63. The summed E-state index contributed by atoms with van der Waals surface area (Å²) in [6, 6.07) is 12.0. The van der Waals surface area contributed by atoms with Crippen molar-refractivity contribution in [1.82, 2.24) is 4.90 Å². The zero-order valence-electron chi connectivity index (χ0n) is 11.3. The molecule has 0 aromatic heterocycles. The molecule has 0 aliphatic carbocycles. The fourth-order valence-electron chi connectivity index (χ4n) is 1.77. The van der Waals surface area contributed by atoms with E-state index in [1.54, 1.807) is 11.9 Å². The topological polar surface area (TPSA) is 44.1 Å². The van der Waals surface area contributed by atoms with Crippen LogP contribution < -0.4 is 0 Å². The van der Waals surface area contributed by atoms with Gasteiger partial charge in [-0.1, -0.05) is 37.3 Å². The fraction of sp³-hybridized carbons (Fsp3) is 0.467. The quantitative estimate of drug-likeness (QED) is 0.799. The maximum absolute atomic E-state index is 12.2. The second-order valence-electron chi connectivity index (χ2n) is 4.58. The highest BCUT2D eigenvalue weighted by atomic mass is 16.2. The maximum atomic E-state index is 12.2. The zero-order chi connectivity index (χ0) is 13.5. The molecule has 0 saturated heterocycles. The van der Waals surface area contributed by atoms with Crippen LogP contribution in [0.2, 0.25) is 0 Å². The third kappa shape index (κ3) is 3.59. The highest BCUT2D eigenvalue weighted by Crippen LogP contribution is 2.13. The van der Waals surface area contributed by atoms with Gasteiger partial charge >= 0.3 is 0 Å². The van der Waals surface area contributed by atoms with Crippen molar-refractivity contribution in [2.75, 3.05) is 7.05 Å². The molecule has 1 aromatic carbocycles. The van der Waals surface area contributed by atoms with Crippen LogP contribution in [0.3, 0.4) is 0 Å². The summed E-state index contributed by atoms with van der Waals surface area (Å²) in [5.41, 5.74) is 1.02. The molecule has 2 unspecified atom stereocenters. The van der Waals surface area contributed by atoms with Crippen LogP contribution in [0, 0.1) is 17.2 Å². The van der Waals surface area contributed by atoms with Gasteiger partial charge in [-0.05, 0) is 25.3 Å². The lowest BCUT2D eigenvalue weighted by Crippen LogP contribution is -2.39. The van der Waals surface area contributed by atoms with E-state index in [1.807, 2.05) is 44.2 Å². The van der Waals surface area contributed by atoms with Crippen LogP contribution in [-0.2, 0) is 11.2 Å². The molecule has 0 saturated carbocycles. The Morgan fingerprint density at radius 3 is 2.50 bits per heavy atom. The van der Waals surface area contributed by atoms with Crippen molar-refractivity contribution >= 4 is 5.91 Å². The Hall–Kier alpha value is -1.82. The van der Waals surface area contributed by atoms with Crippen LogP contribution in [0.1, 0.15) is 25.8 Å². The molecule has 0 bridgehead atoms. The van der Waals surface area contributed by atoms with E-state index in [4.69, 9.17) is 5.26 Å². The number of carbonyl (C=O) groups is 1. The number of amides is 1. The third-order valence-corrected chi connectivity index (χ3v) is 3.34. The van der Waals surface area contributed by atoms with Crippen molar-refractivity contribution in [3.63, 3.8) is 0 Å². The van der Waals surface area contributed by atoms with Gasteiger partial charge in [0.25, 0.3) is 0 Å². The van der Waals surface area contributed by atoms with Gasteiger partial charge in [0, 0.05) is 13.1 Å². The molecule has 0 aliphatic rings. The lowest BCUT2D eigenvalue weighted by Gasteiger charge is -2.25. The smallest absolute Gasteiger partial charge is 0.240 e. The summed E-state index contributed by atoms with van der Waals surface area (Å²) in [6.45, 7) is 4.03. The number of carbonyl (C=O) groups excluding carboxylic acids is 1. The summed E-state index contributed by atoms with van der Waals surface area (Å²) in [5.74, 6) is -0.679. The molecule has 18 heavy (non-hydrogen) atoms. The maximum Gasteiger partial charge on any atom is 0.240 e. The van der Waals surface area contributed by atoms with Crippen LogP contribution in [0.15, 0.2) is 30.3 Å². The van der Waals surface area contributed by atoms with Gasteiger partial charge in [-0.3, -0.25) is 4.79 Å². The molecule has 1 aromatic rings. The van der Waals surface area contributed by atoms with Gasteiger partial charge in [0.15, 0.2) is 0 Å². The standard InChI is InChI=1S/C15H20N2O/c1-4-12(2)17(3)15(18)14(11-16)10-13-8-6-5-7-9-13/h5-9,12,14H,4,10H2,1-3H3. The average Bonchev–Trinajstić information content (AvgIpc) is 2.43. The van der Waals surface area contributed by atoms with Gasteiger partial charge in [-0.15, -0.1) is 0 Å². The van der Waals surface area contributed by atoms with E-state index in [1.165, 1.54) is 0 Å². The van der Waals surface area contributed by atoms with E-state index in [2.05, 4.69) is 6.07 Å². The first kappa shape index (κ1) is 14.2. The van der Waals surface area contributed by atoms with Crippen molar-refractivity contribution < 1.29 is 4.79 Å². The van der Waals surface area contributed by atoms with Gasteiger partial charge in [0.2, 0.25) is 5.91 Å². The van der Waals surface area contributed by atoms with Crippen molar-refractivity contribution in [3.05, 3.63) is 35.9 Å². The van der Waals surface area contributed by atoms with Crippen LogP contribution in [0.5, 0.6) is 0 Å². The van der Waals surface area contributed by atoms with Crippen molar-refractivity contribution in [2.45, 2.75) is 32.7 Å². The van der Waals surface area contributed by atoms with Gasteiger partial charge in [0.05, 0.1) is 6.07 Å². The second-order valence-corrected chi connectivity index (χ2v) is 4.58. The molecule has 1 amide bonds. The Bertz CT molecular complexity index is 422. The molecule has 2 atom stereocenters. The van der Waals surface area contributed by atoms with E-state index in [0.29, 0.717) is 6.42 Å².